The van der Waals surface area contributed by atoms with Crippen LogP contribution in [0.4, 0.5) is 5.69 Å². The van der Waals surface area contributed by atoms with Gasteiger partial charge in [-0.05, 0) is 38.5 Å². The van der Waals surface area contributed by atoms with E-state index in [2.05, 4.69) is 15.5 Å². The Morgan fingerprint density at radius 2 is 2.00 bits per heavy atom. The first-order chi connectivity index (χ1) is 11.4. The zero-order chi connectivity index (χ0) is 17.4. The molecule has 6 nitrogen and oxygen atoms in total. The average Bonchev–Trinajstić information content (AvgIpc) is 2.90. The molecule has 2 heterocycles. The van der Waals surface area contributed by atoms with Crippen LogP contribution in [0, 0.1) is 20.8 Å². The summed E-state index contributed by atoms with van der Waals surface area (Å²) in [6, 6.07) is 5.15. The number of carbonyl (C=O) groups excluding carboxylic acids is 1. The van der Waals surface area contributed by atoms with E-state index >= 15 is 0 Å². The van der Waals surface area contributed by atoms with E-state index in [-0.39, 0.29) is 5.91 Å². The minimum Gasteiger partial charge on any atom is -0.495 e. The third-order valence-corrected chi connectivity index (χ3v) is 4.13. The number of ether oxygens (including phenoxy) is 1. The normalized spacial score (nSPS) is 10.9. The molecule has 0 unspecified atom stereocenters. The first-order valence-electron chi connectivity index (χ1n) is 7.30. The fourth-order valence-corrected chi connectivity index (χ4v) is 2.67. The molecular weight excluding hydrogens is 330 g/mol. The molecule has 3 rings (SSSR count). The fraction of sp³-hybridized carbons (Fsp3) is 0.235. The van der Waals surface area contributed by atoms with Crippen LogP contribution in [0.15, 0.2) is 22.7 Å². The van der Waals surface area contributed by atoms with Crippen LogP contribution in [-0.4, -0.2) is 23.2 Å². The van der Waals surface area contributed by atoms with Crippen molar-refractivity contribution >= 4 is 34.3 Å². The number of halogens is 1. The van der Waals surface area contributed by atoms with Gasteiger partial charge in [0, 0.05) is 16.8 Å². The van der Waals surface area contributed by atoms with Crippen LogP contribution in [0.3, 0.4) is 0 Å². The molecule has 0 radical (unpaired) electrons. The van der Waals surface area contributed by atoms with E-state index < -0.39 is 0 Å². The van der Waals surface area contributed by atoms with E-state index in [1.165, 1.54) is 7.11 Å². The van der Waals surface area contributed by atoms with E-state index in [1.807, 2.05) is 6.92 Å². The van der Waals surface area contributed by atoms with Crippen LogP contribution >= 0.6 is 11.6 Å². The molecule has 2 aromatic heterocycles. The highest BCUT2D eigenvalue weighted by atomic mass is 35.5. The number of hydrogen-bond acceptors (Lipinski definition) is 5. The van der Waals surface area contributed by atoms with Gasteiger partial charge in [-0.25, -0.2) is 4.98 Å². The van der Waals surface area contributed by atoms with Crippen molar-refractivity contribution in [3.05, 3.63) is 45.7 Å². The molecule has 0 spiro atoms. The summed E-state index contributed by atoms with van der Waals surface area (Å²) in [7, 11) is 1.52. The number of fused-ring (bicyclic) bond motifs is 1. The maximum absolute atomic E-state index is 12.8. The third-order valence-electron chi connectivity index (χ3n) is 3.72. The molecule has 7 heteroatoms. The average molecular weight is 346 g/mol. The molecular formula is C17H16ClN3O3. The van der Waals surface area contributed by atoms with E-state index in [0.717, 1.165) is 5.56 Å². The van der Waals surface area contributed by atoms with Crippen molar-refractivity contribution in [2.24, 2.45) is 0 Å². The Morgan fingerprint density at radius 3 is 2.71 bits per heavy atom. The molecule has 0 aliphatic heterocycles. The summed E-state index contributed by atoms with van der Waals surface area (Å²) in [5.41, 5.74) is 3.46. The molecule has 1 amide bonds. The molecule has 0 fully saturated rings. The number of nitrogens with zero attached hydrogens (tertiary/aromatic N) is 2. The van der Waals surface area contributed by atoms with Crippen molar-refractivity contribution in [2.45, 2.75) is 20.8 Å². The number of hydrogen-bond donors (Lipinski definition) is 1. The molecule has 1 N–H and O–H groups in total. The molecule has 0 saturated carbocycles. The molecule has 0 saturated heterocycles. The first-order valence-corrected chi connectivity index (χ1v) is 7.67. The van der Waals surface area contributed by atoms with Crippen molar-refractivity contribution in [2.75, 3.05) is 12.4 Å². The summed E-state index contributed by atoms with van der Waals surface area (Å²) in [4.78, 5) is 17.1. The van der Waals surface area contributed by atoms with Gasteiger partial charge >= 0.3 is 0 Å². The van der Waals surface area contributed by atoms with Gasteiger partial charge in [0.25, 0.3) is 11.6 Å². The number of benzene rings is 1. The van der Waals surface area contributed by atoms with Crippen LogP contribution < -0.4 is 10.1 Å². The fourth-order valence-electron chi connectivity index (χ4n) is 2.52. The van der Waals surface area contributed by atoms with E-state index in [9.17, 15) is 4.79 Å². The molecule has 3 aromatic rings. The second-order valence-corrected chi connectivity index (χ2v) is 5.92. The summed E-state index contributed by atoms with van der Waals surface area (Å²) >= 11 is 6.10. The SMILES string of the molecule is COc1cc(Cl)c(C)cc1NC(=O)c1cc(C)nc2onc(C)c12. The number of amides is 1. The Kier molecular flexibility index (Phi) is 4.15. The number of aromatic nitrogens is 2. The van der Waals surface area contributed by atoms with Gasteiger partial charge in [-0.3, -0.25) is 4.79 Å². The van der Waals surface area contributed by atoms with Crippen molar-refractivity contribution < 1.29 is 14.1 Å². The second kappa shape index (κ2) is 6.13. The number of aryl methyl sites for hydroxylation is 3. The number of rotatable bonds is 3. The number of nitrogens with one attached hydrogen (secondary N) is 1. The van der Waals surface area contributed by atoms with Crippen molar-refractivity contribution in [1.29, 1.82) is 0 Å². The van der Waals surface area contributed by atoms with Crippen LogP contribution in [0.2, 0.25) is 5.02 Å². The zero-order valence-electron chi connectivity index (χ0n) is 13.7. The highest BCUT2D eigenvalue weighted by Crippen LogP contribution is 2.32. The van der Waals surface area contributed by atoms with Crippen LogP contribution in [0.5, 0.6) is 5.75 Å². The highest BCUT2D eigenvalue weighted by molar-refractivity contribution is 6.31. The summed E-state index contributed by atoms with van der Waals surface area (Å²) < 4.78 is 10.5. The molecule has 0 atom stereocenters. The lowest BCUT2D eigenvalue weighted by Crippen LogP contribution is -2.14. The lowest BCUT2D eigenvalue weighted by molar-refractivity contribution is 0.102. The smallest absolute Gasteiger partial charge is 0.258 e. The number of methoxy groups -OCH3 is 1. The topological polar surface area (TPSA) is 77.2 Å². The second-order valence-electron chi connectivity index (χ2n) is 5.52. The predicted octanol–water partition coefficient (Wildman–Crippen LogP) is 4.06. The number of carbonyl (C=O) groups is 1. The molecule has 0 aliphatic rings. The molecule has 124 valence electrons. The maximum atomic E-state index is 12.8. The zero-order valence-corrected chi connectivity index (χ0v) is 14.5. The van der Waals surface area contributed by atoms with E-state index in [0.29, 0.717) is 44.5 Å². The minimum atomic E-state index is -0.295. The van der Waals surface area contributed by atoms with Gasteiger partial charge in [0.15, 0.2) is 0 Å². The Labute approximate surface area is 143 Å². The van der Waals surface area contributed by atoms with Gasteiger partial charge in [-0.15, -0.1) is 0 Å². The van der Waals surface area contributed by atoms with E-state index in [4.69, 9.17) is 20.9 Å². The van der Waals surface area contributed by atoms with E-state index in [1.54, 1.807) is 32.0 Å². The monoisotopic (exact) mass is 345 g/mol. The van der Waals surface area contributed by atoms with Gasteiger partial charge in [-0.2, -0.15) is 0 Å². The largest absolute Gasteiger partial charge is 0.495 e. The maximum Gasteiger partial charge on any atom is 0.258 e. The molecule has 1 aromatic carbocycles. The van der Waals surface area contributed by atoms with Crippen molar-refractivity contribution in [1.82, 2.24) is 10.1 Å². The standard InChI is InChI=1S/C17H16ClN3O3/c1-8-5-13(14(23-4)7-12(8)18)20-16(22)11-6-9(2)19-17-15(11)10(3)21-24-17/h5-7H,1-4H3,(H,20,22). The molecule has 0 bridgehead atoms. The van der Waals surface area contributed by atoms with Gasteiger partial charge in [0.2, 0.25) is 0 Å². The quantitative estimate of drug-likeness (QED) is 0.774. The molecule has 24 heavy (non-hydrogen) atoms. The van der Waals surface area contributed by atoms with Crippen LogP contribution in [-0.2, 0) is 0 Å². The van der Waals surface area contributed by atoms with Gasteiger partial charge in [0.05, 0.1) is 29.4 Å². The predicted molar refractivity (Wildman–Crippen MR) is 92.0 cm³/mol. The Balaban J connectivity index is 2.05. The minimum absolute atomic E-state index is 0.295. The summed E-state index contributed by atoms with van der Waals surface area (Å²) in [6.07, 6.45) is 0. The Hall–Kier alpha value is -2.60. The van der Waals surface area contributed by atoms with Crippen molar-refractivity contribution in [3.8, 4) is 5.75 Å². The van der Waals surface area contributed by atoms with Crippen molar-refractivity contribution in [3.63, 3.8) is 0 Å². The van der Waals surface area contributed by atoms with Gasteiger partial charge in [0.1, 0.15) is 5.75 Å². The highest BCUT2D eigenvalue weighted by Gasteiger charge is 2.19. The Bertz CT molecular complexity index is 950. The summed E-state index contributed by atoms with van der Waals surface area (Å²) in [5, 5.41) is 7.92. The number of anilines is 1. The summed E-state index contributed by atoms with van der Waals surface area (Å²) in [5.74, 6) is 0.194. The van der Waals surface area contributed by atoms with Gasteiger partial charge in [-0.1, -0.05) is 16.8 Å². The van der Waals surface area contributed by atoms with Crippen LogP contribution in [0.1, 0.15) is 27.3 Å². The Morgan fingerprint density at radius 1 is 1.25 bits per heavy atom. The van der Waals surface area contributed by atoms with Gasteiger partial charge < -0.3 is 14.6 Å². The third kappa shape index (κ3) is 2.80. The van der Waals surface area contributed by atoms with Crippen LogP contribution in [0.25, 0.3) is 11.1 Å². The lowest BCUT2D eigenvalue weighted by Gasteiger charge is -2.13. The number of pyridine rings is 1. The first kappa shape index (κ1) is 16.3. The lowest BCUT2D eigenvalue weighted by atomic mass is 10.1. The summed E-state index contributed by atoms with van der Waals surface area (Å²) in [6.45, 7) is 5.42. The molecule has 0 aliphatic carbocycles.